The summed E-state index contributed by atoms with van der Waals surface area (Å²) in [6.07, 6.45) is -1.37. The Bertz CT molecular complexity index is 227. The minimum atomic E-state index is -1.04. The van der Waals surface area contributed by atoms with Gasteiger partial charge in [-0.2, -0.15) is 5.26 Å². The van der Waals surface area contributed by atoms with Gasteiger partial charge in [-0.25, -0.2) is 4.79 Å². The van der Waals surface area contributed by atoms with Gasteiger partial charge in [-0.3, -0.25) is 0 Å². The van der Waals surface area contributed by atoms with Crippen LogP contribution >= 0.6 is 0 Å². The Balaban J connectivity index is 3.62. The zero-order valence-electron chi connectivity index (χ0n) is 8.70. The standard InChI is InChI=1S/C9H16N2O3/c1-9(2,3)14-8(13)11-5-4-7(12)6-10/h7,12H,4-5H2,1-3H3,(H,11,13). The molecule has 80 valence electrons. The van der Waals surface area contributed by atoms with Gasteiger partial charge in [0.25, 0.3) is 0 Å². The SMILES string of the molecule is CC(C)(C)OC(=O)NCCC(O)C#N. The number of nitriles is 1. The Morgan fingerprint density at radius 2 is 2.21 bits per heavy atom. The number of nitrogens with one attached hydrogen (secondary N) is 1. The molecule has 5 nitrogen and oxygen atoms in total. The van der Waals surface area contributed by atoms with Crippen molar-refractivity contribution < 1.29 is 14.6 Å². The predicted octanol–water partition coefficient (Wildman–Crippen LogP) is 0.786. The minimum Gasteiger partial charge on any atom is -0.444 e. The first-order valence-corrected chi connectivity index (χ1v) is 4.39. The molecule has 0 fully saturated rings. The fourth-order valence-corrected chi connectivity index (χ4v) is 0.690. The normalized spacial score (nSPS) is 12.8. The largest absolute Gasteiger partial charge is 0.444 e. The monoisotopic (exact) mass is 200 g/mol. The van der Waals surface area contributed by atoms with Gasteiger partial charge < -0.3 is 15.2 Å². The highest BCUT2D eigenvalue weighted by Gasteiger charge is 2.15. The van der Waals surface area contributed by atoms with Crippen LogP contribution in [0.1, 0.15) is 27.2 Å². The summed E-state index contributed by atoms with van der Waals surface area (Å²) < 4.78 is 4.94. The Morgan fingerprint density at radius 1 is 1.64 bits per heavy atom. The van der Waals surface area contributed by atoms with Crippen molar-refractivity contribution in [3.63, 3.8) is 0 Å². The van der Waals surface area contributed by atoms with E-state index in [9.17, 15) is 4.79 Å². The molecule has 0 heterocycles. The molecule has 0 aliphatic heterocycles. The Hall–Kier alpha value is -1.28. The number of carbonyl (C=O) groups excluding carboxylic acids is 1. The van der Waals surface area contributed by atoms with Gasteiger partial charge in [-0.15, -0.1) is 0 Å². The van der Waals surface area contributed by atoms with Gasteiger partial charge in [0.1, 0.15) is 11.7 Å². The first-order chi connectivity index (χ1) is 6.35. The zero-order chi connectivity index (χ0) is 11.2. The van der Waals surface area contributed by atoms with E-state index in [1.807, 2.05) is 0 Å². The molecule has 0 rings (SSSR count). The molecular weight excluding hydrogens is 184 g/mol. The van der Waals surface area contributed by atoms with Crippen LogP contribution in [-0.2, 0) is 4.74 Å². The lowest BCUT2D eigenvalue weighted by atomic mass is 10.2. The summed E-state index contributed by atoms with van der Waals surface area (Å²) in [5.74, 6) is 0. The number of hydrogen-bond donors (Lipinski definition) is 2. The van der Waals surface area contributed by atoms with Crippen molar-refractivity contribution in [2.24, 2.45) is 0 Å². The van der Waals surface area contributed by atoms with E-state index in [-0.39, 0.29) is 13.0 Å². The van der Waals surface area contributed by atoms with E-state index >= 15 is 0 Å². The molecular formula is C9H16N2O3. The predicted molar refractivity (Wildman–Crippen MR) is 50.5 cm³/mol. The van der Waals surface area contributed by atoms with Gasteiger partial charge >= 0.3 is 6.09 Å². The molecule has 0 bridgehead atoms. The van der Waals surface area contributed by atoms with Crippen LogP contribution in [0.5, 0.6) is 0 Å². The van der Waals surface area contributed by atoms with Gasteiger partial charge in [0.2, 0.25) is 0 Å². The average Bonchev–Trinajstić information content (AvgIpc) is 2.00. The van der Waals surface area contributed by atoms with Gasteiger partial charge in [-0.05, 0) is 20.8 Å². The lowest BCUT2D eigenvalue weighted by Gasteiger charge is -2.19. The summed E-state index contributed by atoms with van der Waals surface area (Å²) in [7, 11) is 0. The van der Waals surface area contributed by atoms with Crippen molar-refractivity contribution in [1.29, 1.82) is 5.26 Å². The lowest BCUT2D eigenvalue weighted by Crippen LogP contribution is -2.33. The van der Waals surface area contributed by atoms with Crippen molar-refractivity contribution in [2.45, 2.75) is 38.9 Å². The van der Waals surface area contributed by atoms with Crippen LogP contribution in [0, 0.1) is 11.3 Å². The second-order valence-corrected chi connectivity index (χ2v) is 3.86. The van der Waals surface area contributed by atoms with Crippen molar-refractivity contribution in [3.05, 3.63) is 0 Å². The highest BCUT2D eigenvalue weighted by atomic mass is 16.6. The Morgan fingerprint density at radius 3 is 2.64 bits per heavy atom. The highest BCUT2D eigenvalue weighted by Crippen LogP contribution is 2.06. The molecule has 1 unspecified atom stereocenters. The van der Waals surface area contributed by atoms with E-state index in [1.54, 1.807) is 26.8 Å². The zero-order valence-corrected chi connectivity index (χ0v) is 8.70. The second-order valence-electron chi connectivity index (χ2n) is 3.86. The maximum absolute atomic E-state index is 11.0. The second kappa shape index (κ2) is 5.45. The molecule has 0 saturated heterocycles. The summed E-state index contributed by atoms with van der Waals surface area (Å²) in [6.45, 7) is 5.51. The third kappa shape index (κ3) is 7.37. The van der Waals surface area contributed by atoms with Crippen molar-refractivity contribution in [3.8, 4) is 6.07 Å². The molecule has 0 radical (unpaired) electrons. The molecule has 1 atom stereocenters. The number of alkyl carbamates (subject to hydrolysis) is 1. The van der Waals surface area contributed by atoms with Crippen LogP contribution in [0.3, 0.4) is 0 Å². The summed E-state index contributed by atoms with van der Waals surface area (Å²) in [5.41, 5.74) is -0.530. The lowest BCUT2D eigenvalue weighted by molar-refractivity contribution is 0.0522. The summed E-state index contributed by atoms with van der Waals surface area (Å²) in [4.78, 5) is 11.0. The van der Waals surface area contributed by atoms with Crippen molar-refractivity contribution >= 4 is 6.09 Å². The Kier molecular flexibility index (Phi) is 4.95. The topological polar surface area (TPSA) is 82.3 Å². The fourth-order valence-electron chi connectivity index (χ4n) is 0.690. The maximum Gasteiger partial charge on any atom is 0.407 e. The first kappa shape index (κ1) is 12.7. The van der Waals surface area contributed by atoms with E-state index in [0.717, 1.165) is 0 Å². The van der Waals surface area contributed by atoms with E-state index in [2.05, 4.69) is 5.32 Å². The van der Waals surface area contributed by atoms with Crippen LogP contribution in [0.25, 0.3) is 0 Å². The summed E-state index contributed by atoms with van der Waals surface area (Å²) >= 11 is 0. The van der Waals surface area contributed by atoms with Gasteiger partial charge in [0.05, 0.1) is 6.07 Å². The maximum atomic E-state index is 11.0. The number of carbonyl (C=O) groups is 1. The molecule has 1 amide bonds. The number of aliphatic hydroxyl groups excluding tert-OH is 1. The highest BCUT2D eigenvalue weighted by molar-refractivity contribution is 5.67. The van der Waals surface area contributed by atoms with Crippen LogP contribution in [0.15, 0.2) is 0 Å². The van der Waals surface area contributed by atoms with Crippen molar-refractivity contribution in [2.75, 3.05) is 6.54 Å². The van der Waals surface area contributed by atoms with Crippen LogP contribution in [-0.4, -0.2) is 29.4 Å². The Labute approximate surface area is 83.7 Å². The number of aliphatic hydroxyl groups is 1. The number of ether oxygens (including phenoxy) is 1. The van der Waals surface area contributed by atoms with Gasteiger partial charge in [0, 0.05) is 13.0 Å². The number of nitrogens with zero attached hydrogens (tertiary/aromatic N) is 1. The first-order valence-electron chi connectivity index (χ1n) is 4.39. The van der Waals surface area contributed by atoms with E-state index in [1.165, 1.54) is 0 Å². The number of amides is 1. The molecule has 0 spiro atoms. The molecule has 0 saturated carbocycles. The molecule has 5 heteroatoms. The third-order valence-electron chi connectivity index (χ3n) is 1.24. The average molecular weight is 200 g/mol. The summed E-state index contributed by atoms with van der Waals surface area (Å²) in [5, 5.41) is 19.5. The van der Waals surface area contributed by atoms with E-state index < -0.39 is 17.8 Å². The third-order valence-corrected chi connectivity index (χ3v) is 1.24. The molecule has 0 aliphatic rings. The number of hydrogen-bond acceptors (Lipinski definition) is 4. The van der Waals surface area contributed by atoms with E-state index in [4.69, 9.17) is 15.1 Å². The van der Waals surface area contributed by atoms with Crippen LogP contribution < -0.4 is 5.32 Å². The van der Waals surface area contributed by atoms with Gasteiger partial charge in [0.15, 0.2) is 0 Å². The quantitative estimate of drug-likeness (QED) is 0.660. The summed E-state index contributed by atoms with van der Waals surface area (Å²) in [6, 6.07) is 1.65. The minimum absolute atomic E-state index is 0.204. The molecule has 14 heavy (non-hydrogen) atoms. The van der Waals surface area contributed by atoms with Gasteiger partial charge in [-0.1, -0.05) is 0 Å². The van der Waals surface area contributed by atoms with E-state index in [0.29, 0.717) is 0 Å². The fraction of sp³-hybridized carbons (Fsp3) is 0.778. The van der Waals surface area contributed by atoms with Crippen LogP contribution in [0.4, 0.5) is 4.79 Å². The molecule has 0 aromatic rings. The molecule has 2 N–H and O–H groups in total. The molecule has 0 aromatic carbocycles. The van der Waals surface area contributed by atoms with Crippen molar-refractivity contribution in [1.82, 2.24) is 5.32 Å². The molecule has 0 aliphatic carbocycles. The van der Waals surface area contributed by atoms with Crippen LogP contribution in [0.2, 0.25) is 0 Å². The molecule has 0 aromatic heterocycles. The smallest absolute Gasteiger partial charge is 0.407 e. The number of rotatable bonds is 3.